The predicted octanol–water partition coefficient (Wildman–Crippen LogP) is 4.38. The molecule has 0 spiro atoms. The van der Waals surface area contributed by atoms with Crippen LogP contribution in [0, 0.1) is 0 Å². The molecule has 0 aliphatic rings. The standard InChI is InChI=1S/C29H47N7O2S/c1-6-17-34-20-15-31-27(34)24(3)36(29(39(5,37)38)28-32-16-21-35(28)18-7-2)23-26-12-10-25(11-13-26)22-33(4)19-9-8-14-30/h10-13,15-16,20-21,24,29H,6-9,14,17-19,22-23,30H2,1-5H3. The highest BCUT2D eigenvalue weighted by atomic mass is 32.2. The second-order valence-electron chi connectivity index (χ2n) is 10.5. The van der Waals surface area contributed by atoms with Crippen LogP contribution in [0.3, 0.4) is 0 Å². The number of hydrogen-bond donors (Lipinski definition) is 1. The van der Waals surface area contributed by atoms with Gasteiger partial charge in [-0.15, -0.1) is 0 Å². The molecule has 0 saturated carbocycles. The number of unbranched alkanes of at least 4 members (excludes halogenated alkanes) is 1. The second kappa shape index (κ2) is 14.7. The number of aromatic nitrogens is 4. The molecule has 10 heteroatoms. The third-order valence-corrected chi connectivity index (χ3v) is 8.35. The molecule has 3 aromatic rings. The molecule has 0 amide bonds. The Morgan fingerprint density at radius 1 is 0.897 bits per heavy atom. The van der Waals surface area contributed by atoms with Crippen molar-refractivity contribution in [3.63, 3.8) is 0 Å². The zero-order chi connectivity index (χ0) is 28.4. The number of imidazole rings is 2. The molecular weight excluding hydrogens is 510 g/mol. The SMILES string of the molecule is CCCn1ccnc1C(C)N(Cc1ccc(CN(C)CCCCN)cc1)C(c1nccn1CCC)S(C)(=O)=O. The van der Waals surface area contributed by atoms with Gasteiger partial charge < -0.3 is 19.8 Å². The third kappa shape index (κ3) is 8.48. The largest absolute Gasteiger partial charge is 0.334 e. The first-order valence-corrected chi connectivity index (χ1v) is 16.1. The number of sulfone groups is 1. The summed E-state index contributed by atoms with van der Waals surface area (Å²) >= 11 is 0. The third-order valence-electron chi connectivity index (χ3n) is 7.06. The van der Waals surface area contributed by atoms with Gasteiger partial charge >= 0.3 is 0 Å². The summed E-state index contributed by atoms with van der Waals surface area (Å²) in [5.41, 5.74) is 7.91. The lowest BCUT2D eigenvalue weighted by Gasteiger charge is -2.35. The molecule has 2 heterocycles. The molecule has 0 fully saturated rings. The lowest BCUT2D eigenvalue weighted by atomic mass is 10.1. The summed E-state index contributed by atoms with van der Waals surface area (Å²) in [5, 5.41) is -0.908. The number of hydrogen-bond acceptors (Lipinski definition) is 7. The maximum atomic E-state index is 13.5. The molecule has 0 aliphatic heterocycles. The van der Waals surface area contributed by atoms with Crippen LogP contribution in [0.5, 0.6) is 0 Å². The first-order valence-electron chi connectivity index (χ1n) is 14.1. The van der Waals surface area contributed by atoms with Crippen molar-refractivity contribution >= 4 is 9.84 Å². The van der Waals surface area contributed by atoms with Crippen LogP contribution in [0.1, 0.15) is 80.6 Å². The van der Waals surface area contributed by atoms with E-state index in [1.54, 1.807) is 12.4 Å². The lowest BCUT2D eigenvalue weighted by Crippen LogP contribution is -2.38. The summed E-state index contributed by atoms with van der Waals surface area (Å²) in [7, 11) is -1.43. The Morgan fingerprint density at radius 2 is 1.44 bits per heavy atom. The molecule has 2 N–H and O–H groups in total. The maximum Gasteiger partial charge on any atom is 0.172 e. The van der Waals surface area contributed by atoms with Gasteiger partial charge in [0.1, 0.15) is 11.6 Å². The Kier molecular flexibility index (Phi) is 11.7. The molecule has 0 radical (unpaired) electrons. The van der Waals surface area contributed by atoms with Crippen LogP contribution in [0.2, 0.25) is 0 Å². The number of benzene rings is 1. The molecule has 2 aromatic heterocycles. The van der Waals surface area contributed by atoms with Crippen molar-refractivity contribution in [2.75, 3.05) is 26.4 Å². The Hall–Kier alpha value is -2.53. The quantitative estimate of drug-likeness (QED) is 0.246. The summed E-state index contributed by atoms with van der Waals surface area (Å²) in [5.74, 6) is 1.41. The van der Waals surface area contributed by atoms with Gasteiger partial charge in [0, 0.05) is 57.2 Å². The van der Waals surface area contributed by atoms with Crippen molar-refractivity contribution in [2.24, 2.45) is 5.73 Å². The number of rotatable bonds is 17. The van der Waals surface area contributed by atoms with Gasteiger partial charge in [0.15, 0.2) is 15.2 Å². The van der Waals surface area contributed by atoms with Crippen LogP contribution in [0.4, 0.5) is 0 Å². The number of aryl methyl sites for hydroxylation is 2. The molecule has 0 saturated heterocycles. The van der Waals surface area contributed by atoms with Crippen molar-refractivity contribution in [2.45, 2.75) is 84.0 Å². The van der Waals surface area contributed by atoms with Crippen molar-refractivity contribution in [3.8, 4) is 0 Å². The number of nitrogens with two attached hydrogens (primary N) is 1. The molecule has 2 atom stereocenters. The van der Waals surface area contributed by atoms with Crippen LogP contribution in [-0.2, 0) is 36.0 Å². The summed E-state index contributed by atoms with van der Waals surface area (Å²) in [6.07, 6.45) is 12.6. The summed E-state index contributed by atoms with van der Waals surface area (Å²) in [6, 6.07) is 8.25. The zero-order valence-electron chi connectivity index (χ0n) is 24.3. The topological polar surface area (TPSA) is 102 Å². The van der Waals surface area contributed by atoms with E-state index >= 15 is 0 Å². The maximum absolute atomic E-state index is 13.5. The van der Waals surface area contributed by atoms with Gasteiger partial charge in [0.25, 0.3) is 0 Å². The predicted molar refractivity (Wildman–Crippen MR) is 158 cm³/mol. The van der Waals surface area contributed by atoms with Gasteiger partial charge in [0.2, 0.25) is 0 Å². The van der Waals surface area contributed by atoms with Crippen LogP contribution in [-0.4, -0.2) is 63.7 Å². The van der Waals surface area contributed by atoms with E-state index in [9.17, 15) is 8.42 Å². The Labute approximate surface area is 235 Å². The second-order valence-corrected chi connectivity index (χ2v) is 12.6. The van der Waals surface area contributed by atoms with Crippen molar-refractivity contribution in [3.05, 3.63) is 71.8 Å². The molecule has 0 bridgehead atoms. The summed E-state index contributed by atoms with van der Waals surface area (Å²) < 4.78 is 31.0. The smallest absolute Gasteiger partial charge is 0.172 e. The minimum atomic E-state index is -3.55. The van der Waals surface area contributed by atoms with Gasteiger partial charge in [-0.1, -0.05) is 38.1 Å². The normalized spacial score (nSPS) is 13.8. The van der Waals surface area contributed by atoms with E-state index in [-0.39, 0.29) is 6.04 Å². The van der Waals surface area contributed by atoms with Crippen molar-refractivity contribution in [1.29, 1.82) is 0 Å². The average molecular weight is 558 g/mol. The van der Waals surface area contributed by atoms with E-state index in [1.807, 2.05) is 28.8 Å². The monoisotopic (exact) mass is 557 g/mol. The Bertz CT molecular complexity index is 1240. The fraction of sp³-hybridized carbons (Fsp3) is 0.586. The van der Waals surface area contributed by atoms with E-state index in [0.29, 0.717) is 18.9 Å². The summed E-state index contributed by atoms with van der Waals surface area (Å²) in [4.78, 5) is 13.6. The minimum Gasteiger partial charge on any atom is -0.334 e. The minimum absolute atomic E-state index is 0.258. The molecule has 216 valence electrons. The van der Waals surface area contributed by atoms with Gasteiger partial charge in [-0.25, -0.2) is 18.4 Å². The molecule has 9 nitrogen and oxygen atoms in total. The Balaban J connectivity index is 1.96. The highest BCUT2D eigenvalue weighted by Crippen LogP contribution is 2.35. The first kappa shape index (κ1) is 31.0. The first-order chi connectivity index (χ1) is 18.7. The number of nitrogens with zero attached hydrogens (tertiary/aromatic N) is 6. The van der Waals surface area contributed by atoms with E-state index in [1.165, 1.54) is 11.8 Å². The zero-order valence-corrected chi connectivity index (χ0v) is 25.1. The van der Waals surface area contributed by atoms with Crippen LogP contribution in [0.25, 0.3) is 0 Å². The fourth-order valence-electron chi connectivity index (χ4n) is 5.13. The fourth-order valence-corrected chi connectivity index (χ4v) is 6.46. The van der Waals surface area contributed by atoms with Crippen molar-refractivity contribution in [1.82, 2.24) is 28.9 Å². The molecular formula is C29H47N7O2S. The lowest BCUT2D eigenvalue weighted by molar-refractivity contribution is 0.161. The van der Waals surface area contributed by atoms with E-state index in [4.69, 9.17) is 5.73 Å². The van der Waals surface area contributed by atoms with Gasteiger partial charge in [-0.2, -0.15) is 0 Å². The molecule has 3 rings (SSSR count). The highest BCUT2D eigenvalue weighted by molar-refractivity contribution is 7.90. The van der Waals surface area contributed by atoms with E-state index in [2.05, 4.69) is 64.6 Å². The van der Waals surface area contributed by atoms with Gasteiger partial charge in [0.05, 0.1) is 6.04 Å². The van der Waals surface area contributed by atoms with E-state index in [0.717, 1.165) is 63.3 Å². The summed E-state index contributed by atoms with van der Waals surface area (Å²) in [6.45, 7) is 10.8. The molecule has 2 unspecified atom stereocenters. The van der Waals surface area contributed by atoms with Crippen LogP contribution < -0.4 is 5.73 Å². The average Bonchev–Trinajstić information content (AvgIpc) is 3.54. The Morgan fingerprint density at radius 3 is 1.97 bits per heavy atom. The van der Waals surface area contributed by atoms with Gasteiger partial charge in [-0.05, 0) is 63.9 Å². The van der Waals surface area contributed by atoms with Crippen LogP contribution in [0.15, 0.2) is 49.1 Å². The van der Waals surface area contributed by atoms with Gasteiger partial charge in [-0.3, -0.25) is 4.90 Å². The molecule has 39 heavy (non-hydrogen) atoms. The molecule has 0 aliphatic carbocycles. The highest BCUT2D eigenvalue weighted by Gasteiger charge is 2.37. The molecule has 1 aromatic carbocycles. The van der Waals surface area contributed by atoms with Crippen molar-refractivity contribution < 1.29 is 8.42 Å². The van der Waals surface area contributed by atoms with E-state index < -0.39 is 15.2 Å². The van der Waals surface area contributed by atoms with Crippen LogP contribution >= 0.6 is 0 Å².